The molecule has 1 unspecified atom stereocenters. The van der Waals surface area contributed by atoms with Crippen LogP contribution in [0.4, 0.5) is 11.4 Å². The molecule has 1 saturated heterocycles. The molecule has 1 N–H and O–H groups in total. The molecule has 2 amide bonds. The largest absolute Gasteiger partial charge is 0.495 e. The number of anilines is 2. The van der Waals surface area contributed by atoms with E-state index < -0.39 is 5.92 Å². The van der Waals surface area contributed by atoms with Crippen molar-refractivity contribution >= 4 is 34.8 Å². The van der Waals surface area contributed by atoms with Crippen LogP contribution in [0.25, 0.3) is 0 Å². The van der Waals surface area contributed by atoms with Gasteiger partial charge in [-0.1, -0.05) is 29.8 Å². The first-order chi connectivity index (χ1) is 12.4. The fraction of sp³-hybridized carbons (Fsp3) is 0.300. The molecule has 2 aromatic rings. The van der Waals surface area contributed by atoms with Gasteiger partial charge in [0.1, 0.15) is 5.75 Å². The number of hydrogen-bond donors (Lipinski definition) is 1. The Hall–Kier alpha value is -2.53. The molecule has 0 bridgehead atoms. The smallest absolute Gasteiger partial charge is 0.229 e. The normalized spacial score (nSPS) is 16.7. The predicted octanol–water partition coefficient (Wildman–Crippen LogP) is 3.96. The first-order valence-electron chi connectivity index (χ1n) is 8.41. The maximum absolute atomic E-state index is 12.7. The fourth-order valence-corrected chi connectivity index (χ4v) is 3.30. The van der Waals surface area contributed by atoms with Gasteiger partial charge in [-0.3, -0.25) is 9.59 Å². The molecule has 5 nitrogen and oxygen atoms in total. The Bertz CT molecular complexity index is 866. The molecule has 2 aromatic carbocycles. The first kappa shape index (κ1) is 18.3. The molecule has 6 heteroatoms. The quantitative estimate of drug-likeness (QED) is 0.883. The molecule has 0 aliphatic carbocycles. The third kappa shape index (κ3) is 3.53. The Morgan fingerprint density at radius 3 is 2.65 bits per heavy atom. The molecule has 136 valence electrons. The average molecular weight is 373 g/mol. The molecule has 1 heterocycles. The lowest BCUT2D eigenvalue weighted by Gasteiger charge is -2.19. The van der Waals surface area contributed by atoms with Gasteiger partial charge < -0.3 is 15.0 Å². The van der Waals surface area contributed by atoms with Gasteiger partial charge in [0.05, 0.1) is 18.7 Å². The molecule has 26 heavy (non-hydrogen) atoms. The van der Waals surface area contributed by atoms with Gasteiger partial charge in [0.15, 0.2) is 0 Å². The number of nitrogens with one attached hydrogen (secondary N) is 1. The van der Waals surface area contributed by atoms with Crippen LogP contribution < -0.4 is 15.0 Å². The van der Waals surface area contributed by atoms with Gasteiger partial charge in [-0.2, -0.15) is 0 Å². The van der Waals surface area contributed by atoms with E-state index in [1.807, 2.05) is 38.1 Å². The second-order valence-electron chi connectivity index (χ2n) is 6.48. The molecule has 3 rings (SSSR count). The van der Waals surface area contributed by atoms with Crippen LogP contribution in [0.3, 0.4) is 0 Å². The number of methoxy groups -OCH3 is 1. The van der Waals surface area contributed by atoms with Crippen molar-refractivity contribution in [2.75, 3.05) is 23.9 Å². The minimum absolute atomic E-state index is 0.0429. The van der Waals surface area contributed by atoms with Crippen LogP contribution in [0.15, 0.2) is 36.4 Å². The summed E-state index contributed by atoms with van der Waals surface area (Å²) >= 11 is 6.11. The summed E-state index contributed by atoms with van der Waals surface area (Å²) in [5.74, 6) is -0.162. The number of amides is 2. The van der Waals surface area contributed by atoms with Gasteiger partial charge in [0.25, 0.3) is 0 Å². The Balaban J connectivity index is 1.77. The second kappa shape index (κ2) is 7.38. The van der Waals surface area contributed by atoms with E-state index in [1.165, 1.54) is 7.11 Å². The van der Waals surface area contributed by atoms with Crippen molar-refractivity contribution in [1.82, 2.24) is 0 Å². The number of carbonyl (C=O) groups is 2. The zero-order valence-electron chi connectivity index (χ0n) is 15.0. The highest BCUT2D eigenvalue weighted by atomic mass is 35.5. The minimum Gasteiger partial charge on any atom is -0.495 e. The van der Waals surface area contributed by atoms with Crippen LogP contribution in [-0.2, 0) is 9.59 Å². The third-order valence-corrected chi connectivity index (χ3v) is 5.05. The van der Waals surface area contributed by atoms with Crippen molar-refractivity contribution in [1.29, 1.82) is 0 Å². The van der Waals surface area contributed by atoms with E-state index in [2.05, 4.69) is 5.32 Å². The molecule has 1 aliphatic rings. The van der Waals surface area contributed by atoms with Gasteiger partial charge in [0.2, 0.25) is 11.8 Å². The van der Waals surface area contributed by atoms with Crippen molar-refractivity contribution in [3.8, 4) is 5.75 Å². The van der Waals surface area contributed by atoms with E-state index in [1.54, 1.807) is 17.0 Å². The summed E-state index contributed by atoms with van der Waals surface area (Å²) < 4.78 is 5.30. The van der Waals surface area contributed by atoms with Crippen LogP contribution >= 0.6 is 11.6 Å². The summed E-state index contributed by atoms with van der Waals surface area (Å²) in [6, 6.07) is 11.1. The molecule has 1 fully saturated rings. The molecule has 0 radical (unpaired) electrons. The Kier molecular flexibility index (Phi) is 5.18. The summed E-state index contributed by atoms with van der Waals surface area (Å²) in [6.45, 7) is 4.18. The molecule has 0 aromatic heterocycles. The van der Waals surface area contributed by atoms with Crippen molar-refractivity contribution in [2.24, 2.45) is 5.92 Å². The lowest BCUT2D eigenvalue weighted by Crippen LogP contribution is -2.28. The number of aryl methyl sites for hydroxylation is 2. The van der Waals surface area contributed by atoms with Crippen molar-refractivity contribution < 1.29 is 14.3 Å². The van der Waals surface area contributed by atoms with Crippen LogP contribution in [0.2, 0.25) is 5.02 Å². The van der Waals surface area contributed by atoms with Gasteiger partial charge in [-0.15, -0.1) is 0 Å². The SMILES string of the molecule is COc1cc(Cl)c(C)cc1NC(=O)C1CC(=O)N(c2ccccc2C)C1. The number of rotatable bonds is 4. The Morgan fingerprint density at radius 1 is 1.23 bits per heavy atom. The third-order valence-electron chi connectivity index (χ3n) is 4.64. The zero-order chi connectivity index (χ0) is 18.8. The summed E-state index contributed by atoms with van der Waals surface area (Å²) in [5.41, 5.74) is 3.26. The molecule has 0 saturated carbocycles. The Morgan fingerprint density at radius 2 is 1.96 bits per heavy atom. The van der Waals surface area contributed by atoms with Crippen LogP contribution in [0, 0.1) is 19.8 Å². The van der Waals surface area contributed by atoms with E-state index in [-0.39, 0.29) is 18.2 Å². The summed E-state index contributed by atoms with van der Waals surface area (Å²) in [5, 5.41) is 3.45. The monoisotopic (exact) mass is 372 g/mol. The topological polar surface area (TPSA) is 58.6 Å². The standard InChI is InChI=1S/C20H21ClN2O3/c1-12-6-4-5-7-17(12)23-11-14(9-19(23)24)20(25)22-16-8-13(2)15(21)10-18(16)26-3/h4-8,10,14H,9,11H2,1-3H3,(H,22,25). The summed E-state index contributed by atoms with van der Waals surface area (Å²) in [6.07, 6.45) is 0.190. The maximum Gasteiger partial charge on any atom is 0.229 e. The van der Waals surface area contributed by atoms with Gasteiger partial charge >= 0.3 is 0 Å². The molecule has 1 aliphatic heterocycles. The van der Waals surface area contributed by atoms with Crippen LogP contribution in [-0.4, -0.2) is 25.5 Å². The lowest BCUT2D eigenvalue weighted by molar-refractivity contribution is -0.122. The number of carbonyl (C=O) groups excluding carboxylic acids is 2. The van der Waals surface area contributed by atoms with Crippen molar-refractivity contribution in [3.63, 3.8) is 0 Å². The van der Waals surface area contributed by atoms with E-state index in [9.17, 15) is 9.59 Å². The van der Waals surface area contributed by atoms with Crippen LogP contribution in [0.1, 0.15) is 17.5 Å². The predicted molar refractivity (Wildman–Crippen MR) is 103 cm³/mol. The van der Waals surface area contributed by atoms with E-state index in [4.69, 9.17) is 16.3 Å². The fourth-order valence-electron chi connectivity index (χ4n) is 3.15. The maximum atomic E-state index is 12.7. The van der Waals surface area contributed by atoms with E-state index in [0.717, 1.165) is 16.8 Å². The summed E-state index contributed by atoms with van der Waals surface area (Å²) in [7, 11) is 1.52. The highest BCUT2D eigenvalue weighted by Crippen LogP contribution is 2.33. The number of halogens is 1. The number of benzene rings is 2. The molecular weight excluding hydrogens is 352 g/mol. The zero-order valence-corrected chi connectivity index (χ0v) is 15.8. The molecule has 0 spiro atoms. The van der Waals surface area contributed by atoms with Gasteiger partial charge in [0, 0.05) is 29.7 Å². The van der Waals surface area contributed by atoms with Crippen LogP contribution in [0.5, 0.6) is 5.75 Å². The lowest BCUT2D eigenvalue weighted by atomic mass is 10.1. The number of nitrogens with zero attached hydrogens (tertiary/aromatic N) is 1. The van der Waals surface area contributed by atoms with E-state index in [0.29, 0.717) is 23.0 Å². The second-order valence-corrected chi connectivity index (χ2v) is 6.89. The van der Waals surface area contributed by atoms with Gasteiger partial charge in [-0.05, 0) is 37.1 Å². The van der Waals surface area contributed by atoms with Gasteiger partial charge in [-0.25, -0.2) is 0 Å². The number of para-hydroxylation sites is 1. The highest BCUT2D eigenvalue weighted by molar-refractivity contribution is 6.31. The van der Waals surface area contributed by atoms with Crippen molar-refractivity contribution in [3.05, 3.63) is 52.5 Å². The Labute approximate surface area is 157 Å². The number of ether oxygens (including phenoxy) is 1. The van der Waals surface area contributed by atoms with E-state index >= 15 is 0 Å². The minimum atomic E-state index is -0.414. The first-order valence-corrected chi connectivity index (χ1v) is 8.79. The van der Waals surface area contributed by atoms with Crippen molar-refractivity contribution in [2.45, 2.75) is 20.3 Å². The molecule has 1 atom stereocenters. The highest BCUT2D eigenvalue weighted by Gasteiger charge is 2.35. The average Bonchev–Trinajstić information content (AvgIpc) is 3.00. The number of hydrogen-bond acceptors (Lipinski definition) is 3. The molecular formula is C20H21ClN2O3. The summed E-state index contributed by atoms with van der Waals surface area (Å²) in [4.78, 5) is 26.8.